The maximum atomic E-state index is 14.3. The lowest BCUT2D eigenvalue weighted by Gasteiger charge is -2.40. The lowest BCUT2D eigenvalue weighted by atomic mass is 9.77. The van der Waals surface area contributed by atoms with Gasteiger partial charge in [-0.1, -0.05) is 18.2 Å². The molecule has 6 rings (SSSR count). The number of allylic oxidation sites excluding steroid dienone is 1. The van der Waals surface area contributed by atoms with Crippen molar-refractivity contribution in [3.63, 3.8) is 0 Å². The predicted molar refractivity (Wildman–Crippen MR) is 154 cm³/mol. The molecule has 7 nitrogen and oxygen atoms in total. The summed E-state index contributed by atoms with van der Waals surface area (Å²) in [5.74, 6) is -4.94. The highest BCUT2D eigenvalue weighted by molar-refractivity contribution is 5.35. The van der Waals surface area contributed by atoms with Crippen LogP contribution in [0.25, 0.3) is 0 Å². The van der Waals surface area contributed by atoms with Crippen molar-refractivity contribution in [1.82, 2.24) is 0 Å². The van der Waals surface area contributed by atoms with Gasteiger partial charge >= 0.3 is 0 Å². The summed E-state index contributed by atoms with van der Waals surface area (Å²) in [4.78, 5) is 0. The van der Waals surface area contributed by atoms with E-state index in [9.17, 15) is 22.7 Å². The van der Waals surface area contributed by atoms with Crippen LogP contribution in [0.1, 0.15) is 70.8 Å². The Hall–Kier alpha value is -2.70. The SMILES string of the molecule is C=C1CCC2(CC1)OCCO2.CCOc1ccc(C2(O)CCC3(CC2)OCCO3)c(F)c1F.CCOc1cccc(F)c1F. The first-order valence-corrected chi connectivity index (χ1v) is 15.2. The summed E-state index contributed by atoms with van der Waals surface area (Å²) >= 11 is 0. The number of hydrogen-bond acceptors (Lipinski definition) is 7. The summed E-state index contributed by atoms with van der Waals surface area (Å²) in [6, 6.07) is 6.61. The zero-order chi connectivity index (χ0) is 31.8. The van der Waals surface area contributed by atoms with Gasteiger partial charge in [0.2, 0.25) is 11.6 Å². The number of aliphatic hydroxyl groups is 1. The van der Waals surface area contributed by atoms with Crippen molar-refractivity contribution >= 4 is 0 Å². The van der Waals surface area contributed by atoms with Crippen molar-refractivity contribution in [1.29, 1.82) is 0 Å². The molecule has 0 amide bonds. The molecule has 0 atom stereocenters. The van der Waals surface area contributed by atoms with Gasteiger partial charge in [-0.05, 0) is 63.8 Å². The number of hydrogen-bond donors (Lipinski definition) is 1. The van der Waals surface area contributed by atoms with Crippen molar-refractivity contribution in [3.8, 4) is 11.5 Å². The first-order chi connectivity index (χ1) is 21.1. The molecule has 2 saturated heterocycles. The Kier molecular flexibility index (Phi) is 11.7. The normalized spacial score (nSPS) is 21.3. The monoisotopic (exact) mass is 626 g/mol. The minimum atomic E-state index is -1.41. The maximum absolute atomic E-state index is 14.3. The molecular formula is C33H42F4O7. The molecule has 0 unspecified atom stereocenters. The van der Waals surface area contributed by atoms with Gasteiger partial charge in [0.15, 0.2) is 34.7 Å². The van der Waals surface area contributed by atoms with Crippen molar-refractivity contribution in [3.05, 3.63) is 71.3 Å². The zero-order valence-electron chi connectivity index (χ0n) is 25.4. The second-order valence-electron chi connectivity index (χ2n) is 11.2. The molecule has 1 N–H and O–H groups in total. The largest absolute Gasteiger partial charge is 0.491 e. The summed E-state index contributed by atoms with van der Waals surface area (Å²) in [6.45, 7) is 10.6. The van der Waals surface area contributed by atoms with Crippen LogP contribution in [0.15, 0.2) is 42.5 Å². The molecule has 44 heavy (non-hydrogen) atoms. The van der Waals surface area contributed by atoms with Gasteiger partial charge in [-0.2, -0.15) is 8.78 Å². The van der Waals surface area contributed by atoms with Gasteiger partial charge in [0.05, 0.1) is 45.2 Å². The molecule has 2 aromatic carbocycles. The topological polar surface area (TPSA) is 75.6 Å². The number of halogens is 4. The Morgan fingerprint density at radius 2 is 1.18 bits per heavy atom. The standard InChI is InChI=1S/C16H20F2O4.C9H14O2.C8H8F2O/c1-2-20-12-4-3-11(13(17)14(12)18)15(19)5-7-16(8-6-15)21-9-10-22-16;1-8-2-4-9(5-3-8)10-6-7-11-9;1-2-11-7-5-3-4-6(9)8(7)10/h3-4,19H,2,5-10H2,1H3;1-7H2;3-5H,2H2,1H3. The molecule has 244 valence electrons. The molecule has 4 fully saturated rings. The van der Waals surface area contributed by atoms with E-state index in [1.165, 1.54) is 29.8 Å². The summed E-state index contributed by atoms with van der Waals surface area (Å²) in [6.07, 6.45) is 5.59. The fourth-order valence-corrected chi connectivity index (χ4v) is 5.78. The van der Waals surface area contributed by atoms with E-state index in [4.69, 9.17) is 28.4 Å². The molecule has 2 aromatic rings. The van der Waals surface area contributed by atoms with Crippen LogP contribution < -0.4 is 9.47 Å². The summed E-state index contributed by atoms with van der Waals surface area (Å²) < 4.78 is 85.6. The maximum Gasteiger partial charge on any atom is 0.200 e. The minimum Gasteiger partial charge on any atom is -0.491 e. The molecule has 0 radical (unpaired) electrons. The predicted octanol–water partition coefficient (Wildman–Crippen LogP) is 7.09. The van der Waals surface area contributed by atoms with Crippen molar-refractivity contribution < 1.29 is 51.1 Å². The third-order valence-corrected chi connectivity index (χ3v) is 8.25. The molecule has 4 aliphatic rings. The average molecular weight is 627 g/mol. The molecule has 0 bridgehead atoms. The Labute approximate surface area is 256 Å². The minimum absolute atomic E-state index is 0.0266. The molecule has 2 saturated carbocycles. The van der Waals surface area contributed by atoms with Gasteiger partial charge in [0.1, 0.15) is 0 Å². The van der Waals surface area contributed by atoms with Gasteiger partial charge < -0.3 is 33.5 Å². The smallest absolute Gasteiger partial charge is 0.200 e. The van der Waals surface area contributed by atoms with Crippen LogP contribution in [-0.2, 0) is 24.5 Å². The van der Waals surface area contributed by atoms with Crippen LogP contribution in [0.2, 0.25) is 0 Å². The van der Waals surface area contributed by atoms with Crippen molar-refractivity contribution in [2.24, 2.45) is 0 Å². The van der Waals surface area contributed by atoms with Gasteiger partial charge in [0.25, 0.3) is 0 Å². The fraction of sp³-hybridized carbons (Fsp3) is 0.576. The molecule has 2 aliphatic carbocycles. The van der Waals surface area contributed by atoms with Gasteiger partial charge in [-0.3, -0.25) is 0 Å². The Bertz CT molecular complexity index is 1240. The average Bonchev–Trinajstić information content (AvgIpc) is 3.68. The van der Waals surface area contributed by atoms with Crippen LogP contribution in [-0.4, -0.2) is 56.3 Å². The van der Waals surface area contributed by atoms with E-state index in [0.29, 0.717) is 32.7 Å². The van der Waals surface area contributed by atoms with E-state index in [0.717, 1.165) is 45.0 Å². The summed E-state index contributed by atoms with van der Waals surface area (Å²) in [5, 5.41) is 10.8. The molecule has 2 spiro atoms. The summed E-state index contributed by atoms with van der Waals surface area (Å²) in [7, 11) is 0. The summed E-state index contributed by atoms with van der Waals surface area (Å²) in [5.41, 5.74) is -0.0908. The van der Waals surface area contributed by atoms with E-state index < -0.39 is 34.7 Å². The highest BCUT2D eigenvalue weighted by Crippen LogP contribution is 2.46. The van der Waals surface area contributed by atoms with Crippen LogP contribution in [0, 0.1) is 23.3 Å². The van der Waals surface area contributed by atoms with Gasteiger partial charge in [-0.15, -0.1) is 0 Å². The molecular weight excluding hydrogens is 584 g/mol. The van der Waals surface area contributed by atoms with Crippen LogP contribution in [0.3, 0.4) is 0 Å². The first kappa shape index (κ1) is 34.2. The molecule has 11 heteroatoms. The van der Waals surface area contributed by atoms with E-state index in [-0.39, 0.29) is 42.3 Å². The second kappa shape index (κ2) is 15.1. The highest BCUT2D eigenvalue weighted by atomic mass is 19.2. The van der Waals surface area contributed by atoms with E-state index >= 15 is 0 Å². The van der Waals surface area contributed by atoms with Crippen LogP contribution in [0.4, 0.5) is 17.6 Å². The Balaban J connectivity index is 0.000000168. The van der Waals surface area contributed by atoms with E-state index in [1.54, 1.807) is 13.8 Å². The third kappa shape index (κ3) is 8.11. The first-order valence-electron chi connectivity index (χ1n) is 15.2. The van der Waals surface area contributed by atoms with Crippen molar-refractivity contribution in [2.75, 3.05) is 39.6 Å². The number of benzene rings is 2. The Morgan fingerprint density at radius 3 is 1.70 bits per heavy atom. The quantitative estimate of drug-likeness (QED) is 0.281. The molecule has 2 heterocycles. The van der Waals surface area contributed by atoms with Crippen LogP contribution in [0.5, 0.6) is 11.5 Å². The van der Waals surface area contributed by atoms with Crippen molar-refractivity contribution in [2.45, 2.75) is 82.4 Å². The Morgan fingerprint density at radius 1 is 0.682 bits per heavy atom. The molecule has 0 aromatic heterocycles. The lowest BCUT2D eigenvalue weighted by molar-refractivity contribution is -0.204. The van der Waals surface area contributed by atoms with Gasteiger partial charge in [0, 0.05) is 31.2 Å². The number of ether oxygens (including phenoxy) is 6. The van der Waals surface area contributed by atoms with E-state index in [2.05, 4.69) is 6.58 Å². The molecule has 2 aliphatic heterocycles. The second-order valence-corrected chi connectivity index (χ2v) is 11.2. The van der Waals surface area contributed by atoms with Crippen LogP contribution >= 0.6 is 0 Å². The number of rotatable bonds is 5. The third-order valence-electron chi connectivity index (χ3n) is 8.25. The fourth-order valence-electron chi connectivity index (χ4n) is 5.78. The lowest BCUT2D eigenvalue weighted by Crippen LogP contribution is -2.42. The highest BCUT2D eigenvalue weighted by Gasteiger charge is 2.47. The van der Waals surface area contributed by atoms with Gasteiger partial charge in [-0.25, -0.2) is 8.78 Å². The zero-order valence-corrected chi connectivity index (χ0v) is 25.4. The van der Waals surface area contributed by atoms with E-state index in [1.807, 2.05) is 0 Å².